The van der Waals surface area contributed by atoms with Gasteiger partial charge < -0.3 is 20.2 Å². The summed E-state index contributed by atoms with van der Waals surface area (Å²) < 4.78 is 33.9. The van der Waals surface area contributed by atoms with Crippen molar-refractivity contribution in [2.75, 3.05) is 16.9 Å². The lowest BCUT2D eigenvalue weighted by Crippen LogP contribution is -2.27. The molecule has 5 N–H and O–H groups in total. The Balaban J connectivity index is 2.03. The molecular formula is C13H14ClF2N5O2. The number of ether oxygens (including phenoxy) is 1. The second-order valence-corrected chi connectivity index (χ2v) is 4.70. The van der Waals surface area contributed by atoms with Gasteiger partial charge in [-0.2, -0.15) is 8.78 Å². The van der Waals surface area contributed by atoms with Crippen molar-refractivity contribution in [3.05, 3.63) is 47.6 Å². The minimum Gasteiger partial charge on any atom is -0.433 e. The van der Waals surface area contributed by atoms with Crippen LogP contribution in [0.1, 0.15) is 0 Å². The molecule has 0 aliphatic carbocycles. The van der Waals surface area contributed by atoms with E-state index in [-0.39, 0.29) is 17.3 Å². The zero-order valence-electron chi connectivity index (χ0n) is 11.7. The molecule has 0 saturated carbocycles. The summed E-state index contributed by atoms with van der Waals surface area (Å²) in [5.74, 6) is 5.64. The molecule has 0 radical (unpaired) electrons. The SMILES string of the molecule is N/C(=C\N(N)c1ccc(Cl)c(OC(F)F)c1)CNc1ncco1. The summed E-state index contributed by atoms with van der Waals surface area (Å²) >= 11 is 5.77. The Kier molecular flexibility index (Phi) is 5.61. The average molecular weight is 346 g/mol. The fourth-order valence-corrected chi connectivity index (χ4v) is 1.79. The van der Waals surface area contributed by atoms with Crippen molar-refractivity contribution in [1.29, 1.82) is 0 Å². The van der Waals surface area contributed by atoms with Gasteiger partial charge in [0.05, 0.1) is 23.5 Å². The molecule has 0 saturated heterocycles. The van der Waals surface area contributed by atoms with E-state index in [1.807, 2.05) is 0 Å². The number of rotatable bonds is 7. The first-order valence-electron chi connectivity index (χ1n) is 6.33. The van der Waals surface area contributed by atoms with Crippen molar-refractivity contribution in [3.8, 4) is 5.75 Å². The fraction of sp³-hybridized carbons (Fsp3) is 0.154. The molecule has 124 valence electrons. The Hall–Kier alpha value is -2.52. The number of alkyl halides is 2. The van der Waals surface area contributed by atoms with Crippen LogP contribution in [0, 0.1) is 0 Å². The zero-order valence-corrected chi connectivity index (χ0v) is 12.5. The summed E-state index contributed by atoms with van der Waals surface area (Å²) in [6.45, 7) is -2.76. The molecular weight excluding hydrogens is 332 g/mol. The molecule has 0 bridgehead atoms. The molecule has 0 unspecified atom stereocenters. The number of aromatic nitrogens is 1. The van der Waals surface area contributed by atoms with Crippen LogP contribution in [0.25, 0.3) is 0 Å². The summed E-state index contributed by atoms with van der Waals surface area (Å²) in [6, 6.07) is 4.51. The van der Waals surface area contributed by atoms with E-state index in [0.29, 0.717) is 17.4 Å². The standard InChI is InChI=1S/C13H14ClF2N5O2/c14-10-2-1-9(5-11(10)23-12(15)16)21(18)7-8(17)6-20-13-19-3-4-22-13/h1-5,7,12H,6,17-18H2,(H,19,20)/b8-7-. The first kappa shape index (κ1) is 16.8. The minimum atomic E-state index is -2.99. The van der Waals surface area contributed by atoms with Crippen molar-refractivity contribution >= 4 is 23.3 Å². The monoisotopic (exact) mass is 345 g/mol. The van der Waals surface area contributed by atoms with Crippen LogP contribution < -0.4 is 26.6 Å². The molecule has 0 aliphatic rings. The van der Waals surface area contributed by atoms with E-state index in [4.69, 9.17) is 27.6 Å². The Labute approximate surface area is 135 Å². The smallest absolute Gasteiger partial charge is 0.387 e. The topological polar surface area (TPSA) is 103 Å². The van der Waals surface area contributed by atoms with Gasteiger partial charge in [-0.15, -0.1) is 0 Å². The molecule has 2 aromatic rings. The number of oxazole rings is 1. The van der Waals surface area contributed by atoms with Crippen LogP contribution in [0.3, 0.4) is 0 Å². The highest BCUT2D eigenvalue weighted by molar-refractivity contribution is 6.32. The molecule has 10 heteroatoms. The molecule has 0 atom stereocenters. The largest absolute Gasteiger partial charge is 0.433 e. The normalized spacial score (nSPS) is 11.6. The van der Waals surface area contributed by atoms with Crippen LogP contribution in [-0.4, -0.2) is 18.1 Å². The maximum absolute atomic E-state index is 12.3. The summed E-state index contributed by atoms with van der Waals surface area (Å²) in [7, 11) is 0. The number of nitrogens with two attached hydrogens (primary N) is 2. The van der Waals surface area contributed by atoms with Crippen LogP contribution in [0.5, 0.6) is 5.75 Å². The number of halogens is 3. The molecule has 0 aliphatic heterocycles. The van der Waals surface area contributed by atoms with E-state index in [1.165, 1.54) is 36.9 Å². The second kappa shape index (κ2) is 7.65. The Bertz CT molecular complexity index is 666. The summed E-state index contributed by atoms with van der Waals surface area (Å²) in [5.41, 5.74) is 6.53. The highest BCUT2D eigenvalue weighted by Gasteiger charge is 2.11. The molecule has 0 fully saturated rings. The second-order valence-electron chi connectivity index (χ2n) is 4.30. The van der Waals surface area contributed by atoms with E-state index in [1.54, 1.807) is 0 Å². The van der Waals surface area contributed by atoms with Crippen LogP contribution in [0.2, 0.25) is 5.02 Å². The van der Waals surface area contributed by atoms with E-state index in [9.17, 15) is 8.78 Å². The molecule has 1 aromatic carbocycles. The molecule has 23 heavy (non-hydrogen) atoms. The summed E-state index contributed by atoms with van der Waals surface area (Å²) in [6.07, 6.45) is 4.30. The van der Waals surface area contributed by atoms with E-state index in [2.05, 4.69) is 15.0 Å². The van der Waals surface area contributed by atoms with Crippen LogP contribution in [0.4, 0.5) is 20.5 Å². The number of hydrogen-bond acceptors (Lipinski definition) is 7. The molecule has 2 rings (SSSR count). The van der Waals surface area contributed by atoms with Crippen molar-refractivity contribution < 1.29 is 17.9 Å². The van der Waals surface area contributed by atoms with Crippen molar-refractivity contribution in [1.82, 2.24) is 4.98 Å². The van der Waals surface area contributed by atoms with Crippen LogP contribution >= 0.6 is 11.6 Å². The van der Waals surface area contributed by atoms with Gasteiger partial charge >= 0.3 is 6.61 Å². The highest BCUT2D eigenvalue weighted by atomic mass is 35.5. The highest BCUT2D eigenvalue weighted by Crippen LogP contribution is 2.30. The first-order valence-corrected chi connectivity index (χ1v) is 6.71. The lowest BCUT2D eigenvalue weighted by Gasteiger charge is -2.17. The maximum atomic E-state index is 12.3. The molecule has 1 heterocycles. The predicted octanol–water partition coefficient (Wildman–Crippen LogP) is 2.52. The van der Waals surface area contributed by atoms with Gasteiger partial charge in [-0.3, -0.25) is 5.01 Å². The van der Waals surface area contributed by atoms with Gasteiger partial charge in [-0.1, -0.05) is 11.6 Å². The number of anilines is 2. The summed E-state index contributed by atoms with van der Waals surface area (Å²) in [5, 5.41) is 4.03. The minimum absolute atomic E-state index is 0.0463. The van der Waals surface area contributed by atoms with Crippen LogP contribution in [0.15, 0.2) is 47.0 Å². The Morgan fingerprint density at radius 3 is 2.96 bits per heavy atom. The van der Waals surface area contributed by atoms with Crippen LogP contribution in [-0.2, 0) is 0 Å². The van der Waals surface area contributed by atoms with Gasteiger partial charge in [0.1, 0.15) is 12.0 Å². The van der Waals surface area contributed by atoms with Gasteiger partial charge in [0.15, 0.2) is 0 Å². The van der Waals surface area contributed by atoms with Gasteiger partial charge in [0.25, 0.3) is 6.01 Å². The van der Waals surface area contributed by atoms with Crippen molar-refractivity contribution in [2.45, 2.75) is 6.61 Å². The third-order valence-electron chi connectivity index (χ3n) is 2.61. The Morgan fingerprint density at radius 1 is 1.52 bits per heavy atom. The predicted molar refractivity (Wildman–Crippen MR) is 82.0 cm³/mol. The van der Waals surface area contributed by atoms with Crippen molar-refractivity contribution in [2.24, 2.45) is 11.6 Å². The zero-order chi connectivity index (χ0) is 16.8. The van der Waals surface area contributed by atoms with E-state index in [0.717, 1.165) is 5.01 Å². The number of nitrogens with zero attached hydrogens (tertiary/aromatic N) is 2. The number of hydrogen-bond donors (Lipinski definition) is 3. The quantitative estimate of drug-likeness (QED) is 0.523. The fourth-order valence-electron chi connectivity index (χ4n) is 1.63. The van der Waals surface area contributed by atoms with E-state index < -0.39 is 6.61 Å². The molecule has 0 amide bonds. The number of benzene rings is 1. The average Bonchev–Trinajstić information content (AvgIpc) is 3.00. The van der Waals surface area contributed by atoms with Gasteiger partial charge in [0, 0.05) is 18.0 Å². The van der Waals surface area contributed by atoms with E-state index >= 15 is 0 Å². The number of nitrogens with one attached hydrogen (secondary N) is 1. The Morgan fingerprint density at radius 2 is 2.30 bits per heavy atom. The third kappa shape index (κ3) is 5.01. The van der Waals surface area contributed by atoms with Gasteiger partial charge in [-0.25, -0.2) is 10.8 Å². The lowest BCUT2D eigenvalue weighted by atomic mass is 10.3. The number of hydrazine groups is 1. The lowest BCUT2D eigenvalue weighted by molar-refractivity contribution is -0.0497. The molecule has 7 nitrogen and oxygen atoms in total. The summed E-state index contributed by atoms with van der Waals surface area (Å²) in [4.78, 5) is 3.87. The van der Waals surface area contributed by atoms with Gasteiger partial charge in [-0.05, 0) is 12.1 Å². The first-order chi connectivity index (χ1) is 11.0. The maximum Gasteiger partial charge on any atom is 0.387 e. The van der Waals surface area contributed by atoms with Gasteiger partial charge in [0.2, 0.25) is 0 Å². The third-order valence-corrected chi connectivity index (χ3v) is 2.92. The molecule has 1 aromatic heterocycles. The molecule has 0 spiro atoms. The van der Waals surface area contributed by atoms with Crippen molar-refractivity contribution in [3.63, 3.8) is 0 Å².